The number of unbranched alkanes of at least 4 members (excludes halogenated alkanes) is 4. The second-order valence-corrected chi connectivity index (χ2v) is 11.2. The van der Waals surface area contributed by atoms with Crippen LogP contribution in [0.15, 0.2) is 30.6 Å². The second-order valence-electron chi connectivity index (χ2n) is 11.2. The zero-order valence-electron chi connectivity index (χ0n) is 23.5. The summed E-state index contributed by atoms with van der Waals surface area (Å²) in [5.74, 6) is 2.02. The van der Waals surface area contributed by atoms with E-state index >= 15 is 0 Å². The number of nitrogens with zero attached hydrogens (tertiary/aromatic N) is 5. The molecule has 41 heavy (non-hydrogen) atoms. The molecular formula is C31H34N6O4. The highest BCUT2D eigenvalue weighted by atomic mass is 16.7. The normalized spacial score (nSPS) is 19.3. The van der Waals surface area contributed by atoms with Crippen molar-refractivity contribution in [2.75, 3.05) is 33.5 Å². The molecule has 1 unspecified atom stereocenters. The lowest BCUT2D eigenvalue weighted by atomic mass is 9.87. The number of pyridine rings is 1. The van der Waals surface area contributed by atoms with Gasteiger partial charge in [0, 0.05) is 61.0 Å². The molecule has 0 bridgehead atoms. The molecule has 1 saturated heterocycles. The van der Waals surface area contributed by atoms with Gasteiger partial charge < -0.3 is 23.9 Å². The van der Waals surface area contributed by atoms with Crippen LogP contribution in [0.5, 0.6) is 17.4 Å². The van der Waals surface area contributed by atoms with Crippen LogP contribution in [0, 0.1) is 11.3 Å². The van der Waals surface area contributed by atoms with E-state index < -0.39 is 0 Å². The highest BCUT2D eigenvalue weighted by Gasteiger charge is 2.47. The Morgan fingerprint density at radius 1 is 1.17 bits per heavy atom. The van der Waals surface area contributed by atoms with E-state index in [2.05, 4.69) is 27.1 Å². The minimum atomic E-state index is -0.388. The van der Waals surface area contributed by atoms with Crippen molar-refractivity contribution in [1.82, 2.24) is 24.6 Å². The van der Waals surface area contributed by atoms with Crippen LogP contribution in [0.3, 0.4) is 0 Å². The molecule has 1 fully saturated rings. The summed E-state index contributed by atoms with van der Waals surface area (Å²) in [5.41, 5.74) is 6.61. The lowest BCUT2D eigenvalue weighted by Gasteiger charge is -2.26. The monoisotopic (exact) mass is 554 g/mol. The summed E-state index contributed by atoms with van der Waals surface area (Å²) < 4.78 is 25.5. The van der Waals surface area contributed by atoms with E-state index in [1.165, 1.54) is 5.56 Å². The summed E-state index contributed by atoms with van der Waals surface area (Å²) in [4.78, 5) is 11.0. The number of nitriles is 1. The summed E-state index contributed by atoms with van der Waals surface area (Å²) >= 11 is 0. The van der Waals surface area contributed by atoms with Crippen LogP contribution in [0.2, 0.25) is 0 Å². The maximum Gasteiger partial charge on any atom is 0.241 e. The number of benzene rings is 1. The molecule has 3 aliphatic rings. The molecule has 3 aromatic heterocycles. The maximum absolute atomic E-state index is 8.79. The van der Waals surface area contributed by atoms with Crippen molar-refractivity contribution in [1.29, 1.82) is 5.26 Å². The number of hydrogen-bond acceptors (Lipinski definition) is 8. The molecule has 1 spiro atoms. The van der Waals surface area contributed by atoms with Gasteiger partial charge in [-0.3, -0.25) is 9.58 Å². The number of aryl methyl sites for hydroxylation is 1. The van der Waals surface area contributed by atoms with Crippen molar-refractivity contribution in [3.8, 4) is 45.8 Å². The van der Waals surface area contributed by atoms with Gasteiger partial charge in [0.1, 0.15) is 11.2 Å². The van der Waals surface area contributed by atoms with E-state index in [4.69, 9.17) is 29.2 Å². The van der Waals surface area contributed by atoms with E-state index in [1.54, 1.807) is 11.8 Å². The Hall–Kier alpha value is -4.07. The van der Waals surface area contributed by atoms with Crippen LogP contribution in [0.1, 0.15) is 49.7 Å². The lowest BCUT2D eigenvalue weighted by Crippen LogP contribution is -2.31. The van der Waals surface area contributed by atoms with Gasteiger partial charge in [-0.1, -0.05) is 18.9 Å². The number of rotatable bonds is 9. The zero-order chi connectivity index (χ0) is 28.0. The van der Waals surface area contributed by atoms with Gasteiger partial charge in [-0.2, -0.15) is 5.26 Å². The summed E-state index contributed by atoms with van der Waals surface area (Å²) in [7, 11) is 3.54. The van der Waals surface area contributed by atoms with Crippen LogP contribution in [-0.4, -0.2) is 58.2 Å². The molecule has 0 saturated carbocycles. The number of likely N-dealkylation sites (tertiary alicyclic amines) is 1. The van der Waals surface area contributed by atoms with E-state index in [0.29, 0.717) is 18.9 Å². The van der Waals surface area contributed by atoms with Crippen LogP contribution in [0.25, 0.3) is 33.4 Å². The first-order valence-electron chi connectivity index (χ1n) is 14.4. The van der Waals surface area contributed by atoms with Crippen LogP contribution >= 0.6 is 0 Å². The molecule has 1 N–H and O–H groups in total. The van der Waals surface area contributed by atoms with Gasteiger partial charge >= 0.3 is 0 Å². The van der Waals surface area contributed by atoms with Crippen LogP contribution in [-0.2, 0) is 24.0 Å². The van der Waals surface area contributed by atoms with Crippen molar-refractivity contribution in [2.24, 2.45) is 7.05 Å². The standard InChI is InChI=1S/C31H34N6O4/c1-36-16-22(30(35-36)38-2)28-25(20-8-9-23-24(14-20)40-19-39-23)26-27-21(15-33-29(26)34-28)17-41-31(27)10-13-37(18-31)12-7-5-3-4-6-11-32/h8-9,14-16H,3-7,10,12-13,17-19H2,1-2H3,(H,33,34). The van der Waals surface area contributed by atoms with E-state index in [1.807, 2.05) is 31.6 Å². The highest BCUT2D eigenvalue weighted by Crippen LogP contribution is 2.51. The molecule has 6 heterocycles. The first-order valence-corrected chi connectivity index (χ1v) is 14.4. The van der Waals surface area contributed by atoms with E-state index in [9.17, 15) is 0 Å². The largest absolute Gasteiger partial charge is 0.479 e. The molecular weight excluding hydrogens is 520 g/mol. The van der Waals surface area contributed by atoms with Gasteiger partial charge in [0.15, 0.2) is 11.5 Å². The van der Waals surface area contributed by atoms with E-state index in [0.717, 1.165) is 102 Å². The fraction of sp³-hybridized carbons (Fsp3) is 0.452. The Morgan fingerprint density at radius 2 is 2.05 bits per heavy atom. The quantitative estimate of drug-likeness (QED) is 0.279. The fourth-order valence-corrected chi connectivity index (χ4v) is 6.71. The Bertz CT molecular complexity index is 1650. The minimum absolute atomic E-state index is 0.220. The van der Waals surface area contributed by atoms with Gasteiger partial charge in [0.05, 0.1) is 31.0 Å². The minimum Gasteiger partial charge on any atom is -0.479 e. The summed E-state index contributed by atoms with van der Waals surface area (Å²) in [6, 6.07) is 8.34. The van der Waals surface area contributed by atoms with Crippen molar-refractivity contribution in [2.45, 2.75) is 50.7 Å². The smallest absolute Gasteiger partial charge is 0.241 e. The Morgan fingerprint density at radius 3 is 2.93 bits per heavy atom. The third-order valence-electron chi connectivity index (χ3n) is 8.60. The molecule has 10 nitrogen and oxygen atoms in total. The number of ether oxygens (including phenoxy) is 4. The number of hydrogen-bond donors (Lipinski definition) is 1. The molecule has 0 radical (unpaired) electrons. The Kier molecular flexibility index (Phi) is 6.56. The van der Waals surface area contributed by atoms with Crippen LogP contribution < -0.4 is 14.2 Å². The highest BCUT2D eigenvalue weighted by molar-refractivity contribution is 6.06. The molecule has 0 amide bonds. The van der Waals surface area contributed by atoms with Crippen molar-refractivity contribution >= 4 is 11.0 Å². The average molecular weight is 555 g/mol. The van der Waals surface area contributed by atoms with Gasteiger partial charge in [-0.15, -0.1) is 5.10 Å². The molecule has 212 valence electrons. The molecule has 3 aliphatic heterocycles. The molecule has 10 heteroatoms. The Balaban J connectivity index is 1.32. The molecule has 4 aromatic rings. The first-order chi connectivity index (χ1) is 20.1. The number of aromatic nitrogens is 4. The second kappa shape index (κ2) is 10.4. The zero-order valence-corrected chi connectivity index (χ0v) is 23.5. The summed E-state index contributed by atoms with van der Waals surface area (Å²) in [6.07, 6.45) is 9.91. The van der Waals surface area contributed by atoms with E-state index in [-0.39, 0.29) is 12.4 Å². The third-order valence-corrected chi connectivity index (χ3v) is 8.60. The molecule has 7 rings (SSSR count). The molecule has 1 atom stereocenters. The lowest BCUT2D eigenvalue weighted by molar-refractivity contribution is -0.0287. The topological polar surface area (TPSA) is 110 Å². The van der Waals surface area contributed by atoms with Gasteiger partial charge in [0.25, 0.3) is 0 Å². The number of aromatic amines is 1. The average Bonchev–Trinajstić information content (AvgIpc) is 3.80. The number of fused-ring (bicyclic) bond motifs is 5. The van der Waals surface area contributed by atoms with Gasteiger partial charge in [0.2, 0.25) is 12.7 Å². The molecule has 1 aromatic carbocycles. The predicted molar refractivity (Wildman–Crippen MR) is 153 cm³/mol. The Labute approximate surface area is 238 Å². The fourth-order valence-electron chi connectivity index (χ4n) is 6.71. The van der Waals surface area contributed by atoms with Crippen molar-refractivity contribution < 1.29 is 18.9 Å². The third kappa shape index (κ3) is 4.40. The number of methoxy groups -OCH3 is 1. The van der Waals surface area contributed by atoms with Gasteiger partial charge in [-0.05, 0) is 43.5 Å². The van der Waals surface area contributed by atoms with Crippen molar-refractivity contribution in [3.05, 3.63) is 41.7 Å². The number of nitrogens with one attached hydrogen (secondary N) is 1. The first kappa shape index (κ1) is 25.9. The predicted octanol–water partition coefficient (Wildman–Crippen LogP) is 5.27. The summed E-state index contributed by atoms with van der Waals surface area (Å²) in [5, 5.41) is 14.4. The summed E-state index contributed by atoms with van der Waals surface area (Å²) in [6.45, 7) is 3.67. The SMILES string of the molecule is COc1nn(C)cc1-c1[nH]c2ncc3c(c2c1-c1ccc2c(c1)OCO2)C1(CCN(CCCCCCC#N)C1)OC3. The number of H-pyrrole nitrogens is 1. The van der Waals surface area contributed by atoms with Crippen molar-refractivity contribution in [3.63, 3.8) is 0 Å². The maximum atomic E-state index is 8.79. The van der Waals surface area contributed by atoms with Crippen LogP contribution in [0.4, 0.5) is 0 Å². The molecule has 0 aliphatic carbocycles. The van der Waals surface area contributed by atoms with Gasteiger partial charge in [-0.25, -0.2) is 4.98 Å².